The fourth-order valence-electron chi connectivity index (χ4n) is 5.72. The third-order valence-corrected chi connectivity index (χ3v) is 6.88. The Bertz CT molecular complexity index is 641. The lowest BCUT2D eigenvalue weighted by molar-refractivity contribution is -0.0226. The van der Waals surface area contributed by atoms with Crippen LogP contribution >= 0.6 is 0 Å². The van der Waals surface area contributed by atoms with Gasteiger partial charge in [-0.05, 0) is 91.5 Å². The molecule has 0 unspecified atom stereocenters. The predicted octanol–water partition coefficient (Wildman–Crippen LogP) is 4.72. The lowest BCUT2D eigenvalue weighted by atomic mass is 9.55. The third kappa shape index (κ3) is 2.32. The number of hydrogen-bond acceptors (Lipinski definition) is 2. The zero-order valence-electron chi connectivity index (χ0n) is 13.7. The molecule has 3 heteroatoms. The van der Waals surface area contributed by atoms with Crippen LogP contribution in [0.15, 0.2) is 30.8 Å². The molecular formula is C20H25FO2. The van der Waals surface area contributed by atoms with E-state index < -0.39 is 6.01 Å². The summed E-state index contributed by atoms with van der Waals surface area (Å²) in [4.78, 5) is 0. The van der Waals surface area contributed by atoms with Gasteiger partial charge < -0.3 is 9.84 Å². The first-order chi connectivity index (χ1) is 11.0. The zero-order chi connectivity index (χ0) is 16.2. The fraction of sp³-hybridized carbons (Fsp3) is 0.600. The van der Waals surface area contributed by atoms with Gasteiger partial charge in [0.15, 0.2) is 0 Å². The van der Waals surface area contributed by atoms with E-state index >= 15 is 0 Å². The van der Waals surface area contributed by atoms with E-state index in [-0.39, 0.29) is 11.5 Å². The van der Waals surface area contributed by atoms with Gasteiger partial charge in [0.25, 0.3) is 6.01 Å². The van der Waals surface area contributed by atoms with Crippen molar-refractivity contribution in [2.45, 2.75) is 57.5 Å². The molecule has 3 aliphatic rings. The van der Waals surface area contributed by atoms with Gasteiger partial charge in [0.2, 0.25) is 0 Å². The van der Waals surface area contributed by atoms with Crippen LogP contribution < -0.4 is 4.74 Å². The van der Waals surface area contributed by atoms with Crippen LogP contribution in [-0.4, -0.2) is 11.2 Å². The Kier molecular flexibility index (Phi) is 3.53. The van der Waals surface area contributed by atoms with Gasteiger partial charge in [-0.3, -0.25) is 0 Å². The molecule has 1 N–H and O–H groups in total. The number of hydrogen-bond donors (Lipinski definition) is 1. The summed E-state index contributed by atoms with van der Waals surface area (Å²) in [7, 11) is 0. The van der Waals surface area contributed by atoms with Gasteiger partial charge in [-0.2, -0.15) is 4.39 Å². The van der Waals surface area contributed by atoms with Crippen LogP contribution in [-0.2, 0) is 6.42 Å². The second kappa shape index (κ2) is 5.34. The van der Waals surface area contributed by atoms with Gasteiger partial charge in [-0.25, -0.2) is 0 Å². The van der Waals surface area contributed by atoms with Crippen LogP contribution in [0, 0.1) is 17.3 Å². The number of fused-ring (bicyclic) bond motifs is 5. The van der Waals surface area contributed by atoms with Gasteiger partial charge in [0.1, 0.15) is 5.75 Å². The van der Waals surface area contributed by atoms with Crippen LogP contribution in [0.25, 0.3) is 0 Å². The SMILES string of the molecule is C=C(F)Oc1ccc2c(c1)CC[C@@H]1[C@@H]2CC[C@]2(C)[C@H](O)CC[C@@H]12. The van der Waals surface area contributed by atoms with Gasteiger partial charge in [-0.15, -0.1) is 0 Å². The summed E-state index contributed by atoms with van der Waals surface area (Å²) in [6, 6.07) is 5.21. The molecule has 5 atom stereocenters. The third-order valence-electron chi connectivity index (χ3n) is 6.88. The lowest BCUT2D eigenvalue weighted by Gasteiger charge is -2.50. The number of aliphatic hydroxyl groups is 1. The second-order valence-electron chi connectivity index (χ2n) is 7.87. The molecule has 1 aromatic carbocycles. The number of rotatable bonds is 2. The molecule has 0 spiro atoms. The summed E-state index contributed by atoms with van der Waals surface area (Å²) >= 11 is 0. The predicted molar refractivity (Wildman–Crippen MR) is 87.9 cm³/mol. The van der Waals surface area contributed by atoms with E-state index in [4.69, 9.17) is 4.74 Å². The summed E-state index contributed by atoms with van der Waals surface area (Å²) in [6.45, 7) is 5.46. The molecule has 0 amide bonds. The van der Waals surface area contributed by atoms with Crippen molar-refractivity contribution in [2.75, 3.05) is 0 Å². The Morgan fingerprint density at radius 3 is 2.91 bits per heavy atom. The monoisotopic (exact) mass is 316 g/mol. The highest BCUT2D eigenvalue weighted by atomic mass is 19.1. The zero-order valence-corrected chi connectivity index (χ0v) is 13.7. The number of aliphatic hydroxyl groups excluding tert-OH is 1. The first-order valence-electron chi connectivity index (χ1n) is 8.82. The molecule has 0 aliphatic heterocycles. The molecule has 2 nitrogen and oxygen atoms in total. The van der Waals surface area contributed by atoms with Crippen molar-refractivity contribution < 1.29 is 14.2 Å². The molecule has 23 heavy (non-hydrogen) atoms. The highest BCUT2D eigenvalue weighted by Crippen LogP contribution is 2.60. The first kappa shape index (κ1) is 15.2. The van der Waals surface area contributed by atoms with Crippen LogP contribution in [0.4, 0.5) is 4.39 Å². The van der Waals surface area contributed by atoms with Crippen molar-refractivity contribution >= 4 is 0 Å². The summed E-state index contributed by atoms with van der Waals surface area (Å²) in [5, 5.41) is 10.4. The van der Waals surface area contributed by atoms with Gasteiger partial charge in [0.05, 0.1) is 6.10 Å². The highest BCUT2D eigenvalue weighted by molar-refractivity contribution is 5.41. The normalized spacial score (nSPS) is 38.4. The Hall–Kier alpha value is -1.35. The van der Waals surface area contributed by atoms with Crippen LogP contribution in [0.3, 0.4) is 0 Å². The quantitative estimate of drug-likeness (QED) is 0.800. The average molecular weight is 316 g/mol. The van der Waals surface area contributed by atoms with E-state index in [1.807, 2.05) is 12.1 Å². The molecule has 0 bridgehead atoms. The minimum atomic E-state index is -0.757. The molecule has 124 valence electrons. The molecule has 0 heterocycles. The molecule has 2 fully saturated rings. The van der Waals surface area contributed by atoms with Gasteiger partial charge in [0, 0.05) is 0 Å². The summed E-state index contributed by atoms with van der Waals surface area (Å²) in [5.74, 6) is 2.46. The lowest BCUT2D eigenvalue weighted by Crippen LogP contribution is -2.43. The molecular weight excluding hydrogens is 291 g/mol. The van der Waals surface area contributed by atoms with Gasteiger partial charge in [-0.1, -0.05) is 13.0 Å². The summed E-state index contributed by atoms with van der Waals surface area (Å²) in [6.07, 6.45) is 6.46. The standard InChI is InChI=1S/C20H25FO2/c1-12(21)23-14-4-6-15-13(11-14)3-5-17-16(15)9-10-20(2)18(17)7-8-19(20)22/h4,6,11,16-19,22H,1,3,5,7-10H2,2H3/t16-,17-,18+,19-,20+/m1/s1. The van der Waals surface area contributed by atoms with Crippen LogP contribution in [0.5, 0.6) is 5.75 Å². The molecule has 0 aromatic heterocycles. The minimum absolute atomic E-state index is 0.119. The topological polar surface area (TPSA) is 29.5 Å². The Labute approximate surface area is 137 Å². The largest absolute Gasteiger partial charge is 0.432 e. The number of ether oxygens (including phenoxy) is 1. The van der Waals surface area contributed by atoms with Crippen molar-refractivity contribution in [1.29, 1.82) is 0 Å². The Morgan fingerprint density at radius 1 is 1.30 bits per heavy atom. The molecule has 4 rings (SSSR count). The van der Waals surface area contributed by atoms with Crippen molar-refractivity contribution in [2.24, 2.45) is 17.3 Å². The van der Waals surface area contributed by atoms with E-state index in [9.17, 15) is 9.50 Å². The highest BCUT2D eigenvalue weighted by Gasteiger charge is 2.54. The van der Waals surface area contributed by atoms with Crippen molar-refractivity contribution in [1.82, 2.24) is 0 Å². The van der Waals surface area contributed by atoms with E-state index in [0.29, 0.717) is 23.5 Å². The van der Waals surface area contributed by atoms with Gasteiger partial charge >= 0.3 is 0 Å². The number of benzene rings is 1. The second-order valence-corrected chi connectivity index (χ2v) is 7.87. The van der Waals surface area contributed by atoms with E-state index in [1.165, 1.54) is 17.5 Å². The van der Waals surface area contributed by atoms with E-state index in [2.05, 4.69) is 19.6 Å². The van der Waals surface area contributed by atoms with Crippen LogP contribution in [0.1, 0.15) is 56.1 Å². The number of halogens is 1. The van der Waals surface area contributed by atoms with Crippen LogP contribution in [0.2, 0.25) is 0 Å². The van der Waals surface area contributed by atoms with Crippen molar-refractivity contribution in [3.05, 3.63) is 41.9 Å². The van der Waals surface area contributed by atoms with E-state index in [0.717, 1.165) is 32.1 Å². The molecule has 1 aromatic rings. The average Bonchev–Trinajstić information content (AvgIpc) is 2.82. The molecule has 0 radical (unpaired) electrons. The molecule has 3 aliphatic carbocycles. The summed E-state index contributed by atoms with van der Waals surface area (Å²) < 4.78 is 17.9. The van der Waals surface area contributed by atoms with E-state index in [1.54, 1.807) is 0 Å². The Morgan fingerprint density at radius 2 is 2.13 bits per heavy atom. The van der Waals surface area contributed by atoms with Crippen molar-refractivity contribution in [3.63, 3.8) is 0 Å². The number of aryl methyl sites for hydroxylation is 1. The molecule has 2 saturated carbocycles. The maximum absolute atomic E-state index is 12.9. The molecule has 0 saturated heterocycles. The van der Waals surface area contributed by atoms with Crippen molar-refractivity contribution in [3.8, 4) is 5.75 Å². The maximum atomic E-state index is 12.9. The first-order valence-corrected chi connectivity index (χ1v) is 8.82. The fourth-order valence-corrected chi connectivity index (χ4v) is 5.72. The minimum Gasteiger partial charge on any atom is -0.432 e. The smallest absolute Gasteiger partial charge is 0.270 e. The Balaban J connectivity index is 1.63. The maximum Gasteiger partial charge on any atom is 0.270 e. The summed E-state index contributed by atoms with van der Waals surface area (Å²) in [5.41, 5.74) is 2.84.